The summed E-state index contributed by atoms with van der Waals surface area (Å²) in [4.78, 5) is 4.60. The highest BCUT2D eigenvalue weighted by Gasteiger charge is 2.39. The van der Waals surface area contributed by atoms with E-state index in [-0.39, 0.29) is 11.5 Å². The first-order valence-corrected chi connectivity index (χ1v) is 7.74. The van der Waals surface area contributed by atoms with Gasteiger partial charge in [0.15, 0.2) is 0 Å². The normalized spacial score (nSPS) is 32.8. The second-order valence-corrected chi connectivity index (χ2v) is 6.10. The first-order chi connectivity index (χ1) is 8.84. The van der Waals surface area contributed by atoms with Crippen molar-refractivity contribution < 1.29 is 9.26 Å². The summed E-state index contributed by atoms with van der Waals surface area (Å²) in [6.07, 6.45) is 2.11. The van der Waals surface area contributed by atoms with Gasteiger partial charge in [-0.1, -0.05) is 12.1 Å². The monoisotopic (exact) mass is 269 g/mol. The number of nitrogens with one attached hydrogen (secondary N) is 1. The molecule has 18 heavy (non-hydrogen) atoms. The molecule has 1 aromatic heterocycles. The zero-order valence-electron chi connectivity index (χ0n) is 10.6. The van der Waals surface area contributed by atoms with Crippen LogP contribution in [0.15, 0.2) is 4.52 Å². The molecule has 1 N–H and O–H groups in total. The van der Waals surface area contributed by atoms with Gasteiger partial charge in [0.25, 0.3) is 0 Å². The number of nitrogens with zero attached hydrogens (tertiary/aromatic N) is 2. The lowest BCUT2D eigenvalue weighted by Gasteiger charge is -2.21. The molecule has 6 heteroatoms. The molecule has 2 saturated heterocycles. The van der Waals surface area contributed by atoms with Crippen LogP contribution in [0.3, 0.4) is 0 Å². The van der Waals surface area contributed by atoms with Crippen molar-refractivity contribution in [2.24, 2.45) is 0 Å². The highest BCUT2D eigenvalue weighted by Crippen LogP contribution is 2.34. The minimum absolute atomic E-state index is 0.00418. The summed E-state index contributed by atoms with van der Waals surface area (Å²) in [6.45, 7) is 4.93. The second-order valence-electron chi connectivity index (χ2n) is 4.95. The standard InChI is InChI=1S/C12H19N3O2S/c1-2-12(3-4-13-8-12)11-14-10(15-17-11)9-7-18-6-5-16-9/h9,13H,2-8H2,1H3. The van der Waals surface area contributed by atoms with Gasteiger partial charge in [-0.3, -0.25) is 0 Å². The average Bonchev–Trinajstić information content (AvgIpc) is 3.09. The molecule has 2 unspecified atom stereocenters. The summed E-state index contributed by atoms with van der Waals surface area (Å²) in [7, 11) is 0. The van der Waals surface area contributed by atoms with Crippen LogP contribution in [0.4, 0.5) is 0 Å². The van der Waals surface area contributed by atoms with E-state index in [1.54, 1.807) is 0 Å². The number of hydrogen-bond donors (Lipinski definition) is 1. The van der Waals surface area contributed by atoms with E-state index in [4.69, 9.17) is 9.26 Å². The van der Waals surface area contributed by atoms with Crippen LogP contribution >= 0.6 is 11.8 Å². The molecule has 0 spiro atoms. The Labute approximate surface area is 111 Å². The Morgan fingerprint density at radius 3 is 3.17 bits per heavy atom. The molecule has 2 aliphatic heterocycles. The molecule has 100 valence electrons. The molecular formula is C12H19N3O2S. The van der Waals surface area contributed by atoms with Crippen LogP contribution in [0.2, 0.25) is 0 Å². The Morgan fingerprint density at radius 1 is 1.56 bits per heavy atom. The van der Waals surface area contributed by atoms with Crippen molar-refractivity contribution in [2.75, 3.05) is 31.2 Å². The van der Waals surface area contributed by atoms with Crippen molar-refractivity contribution in [1.29, 1.82) is 0 Å². The highest BCUT2D eigenvalue weighted by molar-refractivity contribution is 7.99. The fourth-order valence-electron chi connectivity index (χ4n) is 2.60. The topological polar surface area (TPSA) is 60.2 Å². The summed E-state index contributed by atoms with van der Waals surface area (Å²) in [5.74, 6) is 3.49. The lowest BCUT2D eigenvalue weighted by atomic mass is 9.84. The maximum absolute atomic E-state index is 5.69. The minimum Gasteiger partial charge on any atom is -0.368 e. The first kappa shape index (κ1) is 12.4. The summed E-state index contributed by atoms with van der Waals surface area (Å²) in [5, 5.41) is 7.51. The van der Waals surface area contributed by atoms with E-state index >= 15 is 0 Å². The molecule has 2 fully saturated rings. The zero-order chi connectivity index (χ0) is 12.4. The van der Waals surface area contributed by atoms with Crippen LogP contribution in [-0.4, -0.2) is 41.3 Å². The van der Waals surface area contributed by atoms with Crippen molar-refractivity contribution in [3.63, 3.8) is 0 Å². The van der Waals surface area contributed by atoms with Gasteiger partial charge in [0.05, 0.1) is 12.0 Å². The lowest BCUT2D eigenvalue weighted by molar-refractivity contribution is 0.0677. The molecule has 5 nitrogen and oxygen atoms in total. The Balaban J connectivity index is 1.79. The van der Waals surface area contributed by atoms with Crippen LogP contribution < -0.4 is 5.32 Å². The highest BCUT2D eigenvalue weighted by atomic mass is 32.2. The Kier molecular flexibility index (Phi) is 3.59. The van der Waals surface area contributed by atoms with E-state index in [1.165, 1.54) is 0 Å². The van der Waals surface area contributed by atoms with Crippen molar-refractivity contribution >= 4 is 11.8 Å². The van der Waals surface area contributed by atoms with Crippen molar-refractivity contribution in [1.82, 2.24) is 15.5 Å². The fraction of sp³-hybridized carbons (Fsp3) is 0.833. The molecule has 3 rings (SSSR count). The molecule has 1 aromatic rings. The summed E-state index contributed by atoms with van der Waals surface area (Å²) in [5.41, 5.74) is 0.0348. The molecule has 0 aliphatic carbocycles. The van der Waals surface area contributed by atoms with Gasteiger partial charge >= 0.3 is 0 Å². The molecule has 0 bridgehead atoms. The van der Waals surface area contributed by atoms with E-state index in [1.807, 2.05) is 11.8 Å². The van der Waals surface area contributed by atoms with E-state index in [0.29, 0.717) is 0 Å². The third-order valence-electron chi connectivity index (χ3n) is 3.92. The van der Waals surface area contributed by atoms with Gasteiger partial charge in [-0.05, 0) is 19.4 Å². The fourth-order valence-corrected chi connectivity index (χ4v) is 3.44. The van der Waals surface area contributed by atoms with E-state index in [9.17, 15) is 0 Å². The van der Waals surface area contributed by atoms with Crippen molar-refractivity contribution in [3.05, 3.63) is 11.7 Å². The van der Waals surface area contributed by atoms with Crippen LogP contribution in [0, 0.1) is 0 Å². The summed E-state index contributed by atoms with van der Waals surface area (Å²) >= 11 is 1.89. The second kappa shape index (κ2) is 5.19. The van der Waals surface area contributed by atoms with Gasteiger partial charge in [0.1, 0.15) is 6.10 Å². The van der Waals surface area contributed by atoms with Crippen molar-refractivity contribution in [3.8, 4) is 0 Å². The number of rotatable bonds is 3. The number of thioether (sulfide) groups is 1. The predicted octanol–water partition coefficient (Wildman–Crippen LogP) is 1.52. The van der Waals surface area contributed by atoms with Crippen LogP contribution in [0.25, 0.3) is 0 Å². The Morgan fingerprint density at radius 2 is 2.50 bits per heavy atom. The molecule has 2 aliphatic rings. The quantitative estimate of drug-likeness (QED) is 0.897. The third-order valence-corrected chi connectivity index (χ3v) is 4.91. The van der Waals surface area contributed by atoms with Crippen molar-refractivity contribution in [2.45, 2.75) is 31.3 Å². The molecule has 0 aromatic carbocycles. The molecule has 0 amide bonds. The zero-order valence-corrected chi connectivity index (χ0v) is 11.5. The molecule has 3 heterocycles. The SMILES string of the molecule is CCC1(c2nc(C3CSCCO3)no2)CCNC1. The van der Waals surface area contributed by atoms with Crippen LogP contribution in [0.1, 0.15) is 37.6 Å². The Hall–Kier alpha value is -0.590. The predicted molar refractivity (Wildman–Crippen MR) is 69.8 cm³/mol. The molecule has 0 radical (unpaired) electrons. The minimum atomic E-state index is 0.00418. The molecular weight excluding hydrogens is 250 g/mol. The van der Waals surface area contributed by atoms with E-state index < -0.39 is 0 Å². The maximum atomic E-state index is 5.69. The maximum Gasteiger partial charge on any atom is 0.234 e. The van der Waals surface area contributed by atoms with E-state index in [0.717, 1.165) is 55.8 Å². The number of hydrogen-bond acceptors (Lipinski definition) is 6. The number of aromatic nitrogens is 2. The smallest absolute Gasteiger partial charge is 0.234 e. The van der Waals surface area contributed by atoms with Gasteiger partial charge in [0.2, 0.25) is 11.7 Å². The summed E-state index contributed by atoms with van der Waals surface area (Å²) < 4.78 is 11.2. The summed E-state index contributed by atoms with van der Waals surface area (Å²) in [6, 6.07) is 0. The number of ether oxygens (including phenoxy) is 1. The molecule has 2 atom stereocenters. The van der Waals surface area contributed by atoms with Crippen LogP contribution in [-0.2, 0) is 10.2 Å². The van der Waals surface area contributed by atoms with Crippen LogP contribution in [0.5, 0.6) is 0 Å². The van der Waals surface area contributed by atoms with Gasteiger partial charge in [-0.2, -0.15) is 16.7 Å². The Bertz CT molecular complexity index is 398. The van der Waals surface area contributed by atoms with Gasteiger partial charge < -0.3 is 14.6 Å². The van der Waals surface area contributed by atoms with E-state index in [2.05, 4.69) is 22.4 Å². The van der Waals surface area contributed by atoms with Gasteiger partial charge in [-0.15, -0.1) is 0 Å². The third kappa shape index (κ3) is 2.17. The lowest BCUT2D eigenvalue weighted by Crippen LogP contribution is -2.28. The average molecular weight is 269 g/mol. The molecule has 0 saturated carbocycles. The largest absolute Gasteiger partial charge is 0.368 e. The van der Waals surface area contributed by atoms with Gasteiger partial charge in [-0.25, -0.2) is 0 Å². The van der Waals surface area contributed by atoms with Gasteiger partial charge in [0, 0.05) is 18.1 Å². The first-order valence-electron chi connectivity index (χ1n) is 6.58.